The first-order valence-corrected chi connectivity index (χ1v) is 9.30. The van der Waals surface area contributed by atoms with Crippen LogP contribution in [0, 0.1) is 0 Å². The second-order valence-corrected chi connectivity index (χ2v) is 7.30. The second-order valence-electron chi connectivity index (χ2n) is 7.30. The molecule has 1 amide bonds. The summed E-state index contributed by atoms with van der Waals surface area (Å²) in [5.41, 5.74) is 1.42. The Morgan fingerprint density at radius 2 is 1.96 bits per heavy atom. The summed E-state index contributed by atoms with van der Waals surface area (Å²) in [6, 6.07) is 18.8. The first-order chi connectivity index (χ1) is 13.6. The van der Waals surface area contributed by atoms with Gasteiger partial charge in [0, 0.05) is 24.1 Å². The van der Waals surface area contributed by atoms with Crippen molar-refractivity contribution in [2.45, 2.75) is 12.0 Å². The first-order valence-electron chi connectivity index (χ1n) is 9.30. The smallest absolute Gasteiger partial charge is 0.339 e. The topological polar surface area (TPSA) is 55.8 Å². The van der Waals surface area contributed by atoms with Gasteiger partial charge in [-0.1, -0.05) is 30.3 Å². The molecule has 0 bridgehead atoms. The van der Waals surface area contributed by atoms with Crippen LogP contribution < -0.4 is 4.74 Å². The Labute approximate surface area is 162 Å². The highest BCUT2D eigenvalue weighted by Crippen LogP contribution is 2.43. The van der Waals surface area contributed by atoms with Crippen molar-refractivity contribution in [3.8, 4) is 5.75 Å². The van der Waals surface area contributed by atoms with Crippen LogP contribution in [0.2, 0.25) is 0 Å². The van der Waals surface area contributed by atoms with E-state index in [1.165, 1.54) is 0 Å². The normalized spacial score (nSPS) is 20.5. The van der Waals surface area contributed by atoms with Gasteiger partial charge >= 0.3 is 5.97 Å². The molecule has 140 valence electrons. The minimum Gasteiger partial charge on any atom is -0.497 e. The Hall–Kier alpha value is -3.34. The van der Waals surface area contributed by atoms with Gasteiger partial charge in [-0.2, -0.15) is 0 Å². The molecule has 0 N–H and O–H groups in total. The van der Waals surface area contributed by atoms with Gasteiger partial charge in [-0.3, -0.25) is 4.79 Å². The van der Waals surface area contributed by atoms with Crippen molar-refractivity contribution in [1.29, 1.82) is 0 Å². The van der Waals surface area contributed by atoms with E-state index in [1.54, 1.807) is 18.1 Å². The summed E-state index contributed by atoms with van der Waals surface area (Å²) in [6.07, 6.45) is 0.611. The number of ether oxygens (including phenoxy) is 2. The van der Waals surface area contributed by atoms with Gasteiger partial charge in [0.2, 0.25) is 0 Å². The number of methoxy groups -OCH3 is 1. The average molecular weight is 373 g/mol. The number of amides is 1. The molecule has 1 spiro atoms. The summed E-state index contributed by atoms with van der Waals surface area (Å²) in [7, 11) is 1.63. The molecule has 28 heavy (non-hydrogen) atoms. The zero-order valence-electron chi connectivity index (χ0n) is 15.5. The van der Waals surface area contributed by atoms with E-state index < -0.39 is 5.60 Å². The molecule has 1 fully saturated rings. The summed E-state index contributed by atoms with van der Waals surface area (Å²) in [5, 5.41) is 1.84. The molecule has 2 aliphatic rings. The molecular weight excluding hydrogens is 354 g/mol. The van der Waals surface area contributed by atoms with Crippen LogP contribution in [0.5, 0.6) is 5.75 Å². The second kappa shape index (κ2) is 6.09. The standard InChI is InChI=1S/C23H19NO4/c1-27-16-9-10-17-15(13-16)5-4-7-18(17)21(25)24-12-11-23(14-24)20-8-3-2-6-19(20)22(26)28-23/h2-10,13H,11-12,14H2,1H3/t23-/m0/s1. The Morgan fingerprint density at radius 3 is 2.82 bits per heavy atom. The fraction of sp³-hybridized carbons (Fsp3) is 0.217. The number of hydrogen-bond donors (Lipinski definition) is 0. The first kappa shape index (κ1) is 16.8. The van der Waals surface area contributed by atoms with Gasteiger partial charge in [-0.05, 0) is 41.1 Å². The molecule has 3 aromatic carbocycles. The lowest BCUT2D eigenvalue weighted by Gasteiger charge is -2.24. The number of hydrogen-bond acceptors (Lipinski definition) is 4. The van der Waals surface area contributed by atoms with Gasteiger partial charge < -0.3 is 14.4 Å². The van der Waals surface area contributed by atoms with Crippen molar-refractivity contribution < 1.29 is 19.1 Å². The molecule has 5 nitrogen and oxygen atoms in total. The van der Waals surface area contributed by atoms with Crippen molar-refractivity contribution in [3.63, 3.8) is 0 Å². The van der Waals surface area contributed by atoms with E-state index in [0.29, 0.717) is 30.6 Å². The number of esters is 1. The highest BCUT2D eigenvalue weighted by Gasteiger charge is 2.50. The maximum atomic E-state index is 13.3. The molecule has 0 aliphatic carbocycles. The van der Waals surface area contributed by atoms with E-state index in [0.717, 1.165) is 22.1 Å². The van der Waals surface area contributed by atoms with Crippen molar-refractivity contribution >= 4 is 22.6 Å². The number of rotatable bonds is 2. The van der Waals surface area contributed by atoms with Gasteiger partial charge in [0.15, 0.2) is 5.60 Å². The number of benzene rings is 3. The summed E-state index contributed by atoms with van der Waals surface area (Å²) in [5.74, 6) is 0.405. The van der Waals surface area contributed by atoms with Crippen LogP contribution >= 0.6 is 0 Å². The molecule has 1 saturated heterocycles. The summed E-state index contributed by atoms with van der Waals surface area (Å²) in [6.45, 7) is 0.925. The number of fused-ring (bicyclic) bond motifs is 3. The SMILES string of the molecule is COc1ccc2c(C(=O)N3CC[C@@]4(C3)OC(=O)c3ccccc34)cccc2c1. The molecule has 0 aromatic heterocycles. The van der Waals surface area contributed by atoms with E-state index in [4.69, 9.17) is 9.47 Å². The van der Waals surface area contributed by atoms with Crippen molar-refractivity contribution in [1.82, 2.24) is 4.90 Å². The molecule has 2 heterocycles. The van der Waals surface area contributed by atoms with E-state index in [-0.39, 0.29) is 11.9 Å². The van der Waals surface area contributed by atoms with Crippen LogP contribution in [0.25, 0.3) is 10.8 Å². The van der Waals surface area contributed by atoms with Gasteiger partial charge in [-0.25, -0.2) is 4.79 Å². The van der Waals surface area contributed by atoms with Crippen LogP contribution in [-0.4, -0.2) is 37.0 Å². The quantitative estimate of drug-likeness (QED) is 0.642. The monoisotopic (exact) mass is 373 g/mol. The molecule has 2 aliphatic heterocycles. The van der Waals surface area contributed by atoms with Crippen molar-refractivity contribution in [2.75, 3.05) is 20.2 Å². The zero-order chi connectivity index (χ0) is 19.3. The van der Waals surface area contributed by atoms with E-state index >= 15 is 0 Å². The average Bonchev–Trinajstić information content (AvgIpc) is 3.28. The van der Waals surface area contributed by atoms with Crippen LogP contribution in [0.1, 0.15) is 32.7 Å². The van der Waals surface area contributed by atoms with Crippen LogP contribution in [0.3, 0.4) is 0 Å². The highest BCUT2D eigenvalue weighted by atomic mass is 16.6. The molecule has 1 atom stereocenters. The molecule has 0 saturated carbocycles. The van der Waals surface area contributed by atoms with Gasteiger partial charge in [0.05, 0.1) is 19.2 Å². The minimum absolute atomic E-state index is 0.0481. The van der Waals surface area contributed by atoms with E-state index in [1.807, 2.05) is 54.6 Å². The Balaban J connectivity index is 1.49. The Morgan fingerprint density at radius 1 is 1.11 bits per heavy atom. The molecule has 0 unspecified atom stereocenters. The number of nitrogens with zero attached hydrogens (tertiary/aromatic N) is 1. The third kappa shape index (κ3) is 2.39. The molecule has 0 radical (unpaired) electrons. The van der Waals surface area contributed by atoms with Crippen molar-refractivity contribution in [2.24, 2.45) is 0 Å². The van der Waals surface area contributed by atoms with Crippen LogP contribution in [-0.2, 0) is 10.3 Å². The predicted molar refractivity (Wildman–Crippen MR) is 105 cm³/mol. The summed E-state index contributed by atoms with van der Waals surface area (Å²) in [4.78, 5) is 27.4. The third-order valence-corrected chi connectivity index (χ3v) is 5.76. The van der Waals surface area contributed by atoms with Crippen LogP contribution in [0.4, 0.5) is 0 Å². The van der Waals surface area contributed by atoms with Crippen molar-refractivity contribution in [3.05, 3.63) is 77.4 Å². The molecular formula is C23H19NO4. The Bertz CT molecular complexity index is 1120. The number of likely N-dealkylation sites (tertiary alicyclic amines) is 1. The number of carbonyl (C=O) groups excluding carboxylic acids is 2. The van der Waals surface area contributed by atoms with E-state index in [9.17, 15) is 9.59 Å². The predicted octanol–water partition coefficient (Wildman–Crippen LogP) is 3.76. The number of carbonyl (C=O) groups is 2. The summed E-state index contributed by atoms with van der Waals surface area (Å²) >= 11 is 0. The Kier molecular flexibility index (Phi) is 3.66. The highest BCUT2D eigenvalue weighted by molar-refractivity contribution is 6.07. The lowest BCUT2D eigenvalue weighted by molar-refractivity contribution is -0.00305. The molecule has 5 rings (SSSR count). The maximum Gasteiger partial charge on any atom is 0.339 e. The largest absolute Gasteiger partial charge is 0.497 e. The zero-order valence-corrected chi connectivity index (χ0v) is 15.5. The van der Waals surface area contributed by atoms with Crippen LogP contribution in [0.15, 0.2) is 60.7 Å². The van der Waals surface area contributed by atoms with Gasteiger partial charge in [0.1, 0.15) is 5.75 Å². The molecule has 3 aromatic rings. The summed E-state index contributed by atoms with van der Waals surface area (Å²) < 4.78 is 11.1. The fourth-order valence-corrected chi connectivity index (χ4v) is 4.35. The van der Waals surface area contributed by atoms with E-state index in [2.05, 4.69) is 0 Å². The lowest BCUT2D eigenvalue weighted by atomic mass is 9.91. The minimum atomic E-state index is -0.725. The third-order valence-electron chi connectivity index (χ3n) is 5.76. The van der Waals surface area contributed by atoms with Gasteiger partial charge in [-0.15, -0.1) is 0 Å². The maximum absolute atomic E-state index is 13.3. The van der Waals surface area contributed by atoms with Gasteiger partial charge in [0.25, 0.3) is 5.91 Å². The fourth-order valence-electron chi connectivity index (χ4n) is 4.35. The lowest BCUT2D eigenvalue weighted by Crippen LogP contribution is -2.34. The molecule has 5 heteroatoms.